The summed E-state index contributed by atoms with van der Waals surface area (Å²) in [6.07, 6.45) is 1.89. The molecule has 0 spiro atoms. The van der Waals surface area contributed by atoms with Gasteiger partial charge >= 0.3 is 7.12 Å². The molecule has 1 saturated heterocycles. The summed E-state index contributed by atoms with van der Waals surface area (Å²) in [7, 11) is -0.353. The zero-order valence-electron chi connectivity index (χ0n) is 15.2. The second-order valence-electron chi connectivity index (χ2n) is 7.69. The highest BCUT2D eigenvalue weighted by Gasteiger charge is 2.51. The van der Waals surface area contributed by atoms with Crippen LogP contribution < -0.4 is 5.46 Å². The third-order valence-corrected chi connectivity index (χ3v) is 5.37. The van der Waals surface area contributed by atoms with E-state index in [9.17, 15) is 0 Å². The Morgan fingerprint density at radius 3 is 2.32 bits per heavy atom. The molecule has 0 amide bonds. The van der Waals surface area contributed by atoms with Gasteiger partial charge in [0.05, 0.1) is 28.6 Å². The Balaban J connectivity index is 1.62. The number of rotatable bonds is 3. The van der Waals surface area contributed by atoms with Gasteiger partial charge in [0.1, 0.15) is 0 Å². The third-order valence-electron chi connectivity index (χ3n) is 5.37. The number of fused-ring (bicyclic) bond motifs is 1. The van der Waals surface area contributed by atoms with E-state index >= 15 is 0 Å². The highest BCUT2D eigenvalue weighted by Crippen LogP contribution is 2.36. The Labute approximate surface area is 148 Å². The smallest absolute Gasteiger partial charge is 0.399 e. The Morgan fingerprint density at radius 1 is 0.960 bits per heavy atom. The zero-order valence-corrected chi connectivity index (χ0v) is 15.2. The largest absolute Gasteiger partial charge is 0.494 e. The van der Waals surface area contributed by atoms with E-state index in [1.54, 1.807) is 0 Å². The molecular formula is C20H23BN2O2. The molecule has 5 heteroatoms. The topological polar surface area (TPSA) is 36.3 Å². The lowest BCUT2D eigenvalue weighted by Gasteiger charge is -2.32. The molecule has 4 nitrogen and oxygen atoms in total. The van der Waals surface area contributed by atoms with Crippen LogP contribution in [-0.4, -0.2) is 27.9 Å². The SMILES string of the molecule is CC1(C)OB(c2ccc3c(c2)ncn3Cc2ccccc2)OC1(C)C. The lowest BCUT2D eigenvalue weighted by molar-refractivity contribution is 0.00578. The fourth-order valence-electron chi connectivity index (χ4n) is 3.11. The number of nitrogens with zero attached hydrogens (tertiary/aromatic N) is 2. The van der Waals surface area contributed by atoms with E-state index in [0.717, 1.165) is 23.0 Å². The fraction of sp³-hybridized carbons (Fsp3) is 0.350. The van der Waals surface area contributed by atoms with Crippen LogP contribution in [0.2, 0.25) is 0 Å². The Kier molecular flexibility index (Phi) is 3.74. The molecule has 2 heterocycles. The highest BCUT2D eigenvalue weighted by atomic mass is 16.7. The summed E-state index contributed by atoms with van der Waals surface area (Å²) in [5.41, 5.74) is 3.68. The summed E-state index contributed by atoms with van der Waals surface area (Å²) in [4.78, 5) is 4.57. The number of hydrogen-bond acceptors (Lipinski definition) is 3. The molecule has 1 fully saturated rings. The number of hydrogen-bond donors (Lipinski definition) is 0. The molecule has 128 valence electrons. The number of benzene rings is 2. The van der Waals surface area contributed by atoms with Crippen LogP contribution in [0.1, 0.15) is 33.3 Å². The summed E-state index contributed by atoms with van der Waals surface area (Å²) in [5.74, 6) is 0. The lowest BCUT2D eigenvalue weighted by atomic mass is 9.79. The van der Waals surface area contributed by atoms with Gasteiger partial charge < -0.3 is 13.9 Å². The summed E-state index contributed by atoms with van der Waals surface area (Å²) in [6, 6.07) is 16.7. The summed E-state index contributed by atoms with van der Waals surface area (Å²) in [5, 5.41) is 0. The van der Waals surface area contributed by atoms with E-state index < -0.39 is 0 Å². The van der Waals surface area contributed by atoms with Gasteiger partial charge in [0.15, 0.2) is 0 Å². The van der Waals surface area contributed by atoms with E-state index in [1.165, 1.54) is 5.56 Å². The van der Waals surface area contributed by atoms with Gasteiger partial charge in [-0.05, 0) is 50.9 Å². The molecule has 0 N–H and O–H groups in total. The highest BCUT2D eigenvalue weighted by molar-refractivity contribution is 6.62. The number of imidazole rings is 1. The molecule has 3 aromatic rings. The monoisotopic (exact) mass is 334 g/mol. The standard InChI is InChI=1S/C20H23BN2O2/c1-19(2)20(3,4)25-21(24-19)16-10-11-18-17(12-16)22-14-23(18)13-15-8-6-5-7-9-15/h5-12,14H,13H2,1-4H3. The molecule has 0 aliphatic carbocycles. The van der Waals surface area contributed by atoms with Crippen LogP contribution in [0.3, 0.4) is 0 Å². The van der Waals surface area contributed by atoms with Crippen molar-refractivity contribution in [2.45, 2.75) is 45.4 Å². The van der Waals surface area contributed by atoms with E-state index in [4.69, 9.17) is 9.31 Å². The zero-order chi connectivity index (χ0) is 17.7. The molecule has 0 saturated carbocycles. The van der Waals surface area contributed by atoms with Gasteiger partial charge in [0.2, 0.25) is 0 Å². The van der Waals surface area contributed by atoms with Crippen molar-refractivity contribution in [1.29, 1.82) is 0 Å². The molecule has 0 radical (unpaired) electrons. The minimum absolute atomic E-state index is 0.334. The second kappa shape index (κ2) is 5.72. The Morgan fingerprint density at radius 2 is 1.64 bits per heavy atom. The van der Waals surface area contributed by atoms with Gasteiger partial charge in [-0.2, -0.15) is 0 Å². The molecule has 0 bridgehead atoms. The molecule has 1 aliphatic heterocycles. The minimum atomic E-state index is -0.353. The van der Waals surface area contributed by atoms with Gasteiger partial charge in [0.25, 0.3) is 0 Å². The maximum atomic E-state index is 6.14. The lowest BCUT2D eigenvalue weighted by Crippen LogP contribution is -2.41. The van der Waals surface area contributed by atoms with Crippen LogP contribution in [0, 0.1) is 0 Å². The Bertz CT molecular complexity index is 886. The van der Waals surface area contributed by atoms with Gasteiger partial charge in [-0.15, -0.1) is 0 Å². The molecule has 1 aliphatic rings. The minimum Gasteiger partial charge on any atom is -0.399 e. The second-order valence-corrected chi connectivity index (χ2v) is 7.69. The Hall–Kier alpha value is -2.11. The predicted molar refractivity (Wildman–Crippen MR) is 101 cm³/mol. The van der Waals surface area contributed by atoms with E-state index in [2.05, 4.69) is 79.7 Å². The van der Waals surface area contributed by atoms with Gasteiger partial charge in [0, 0.05) is 6.54 Å². The maximum absolute atomic E-state index is 6.14. The van der Waals surface area contributed by atoms with Crippen molar-refractivity contribution >= 4 is 23.6 Å². The van der Waals surface area contributed by atoms with E-state index in [0.29, 0.717) is 0 Å². The molecule has 4 rings (SSSR count). The predicted octanol–water partition coefficient (Wildman–Crippen LogP) is 3.38. The quantitative estimate of drug-likeness (QED) is 0.689. The molecule has 0 unspecified atom stereocenters. The summed E-state index contributed by atoms with van der Waals surface area (Å²) in [6.45, 7) is 9.09. The van der Waals surface area contributed by atoms with Crippen LogP contribution in [-0.2, 0) is 15.9 Å². The summed E-state index contributed by atoms with van der Waals surface area (Å²) < 4.78 is 14.5. The van der Waals surface area contributed by atoms with Gasteiger partial charge in [-0.3, -0.25) is 0 Å². The first kappa shape index (κ1) is 16.4. The van der Waals surface area contributed by atoms with E-state index in [-0.39, 0.29) is 18.3 Å². The van der Waals surface area contributed by atoms with Gasteiger partial charge in [-0.25, -0.2) is 4.98 Å². The average molecular weight is 334 g/mol. The van der Waals surface area contributed by atoms with Crippen molar-refractivity contribution in [3.05, 3.63) is 60.4 Å². The molecular weight excluding hydrogens is 311 g/mol. The van der Waals surface area contributed by atoms with Crippen LogP contribution in [0.5, 0.6) is 0 Å². The van der Waals surface area contributed by atoms with Crippen molar-refractivity contribution in [3.8, 4) is 0 Å². The van der Waals surface area contributed by atoms with Crippen molar-refractivity contribution in [2.75, 3.05) is 0 Å². The van der Waals surface area contributed by atoms with Gasteiger partial charge in [-0.1, -0.05) is 36.4 Å². The van der Waals surface area contributed by atoms with Crippen molar-refractivity contribution in [1.82, 2.24) is 9.55 Å². The summed E-state index contributed by atoms with van der Waals surface area (Å²) >= 11 is 0. The molecule has 2 aromatic carbocycles. The van der Waals surface area contributed by atoms with E-state index in [1.807, 2.05) is 12.4 Å². The first-order valence-electron chi connectivity index (χ1n) is 8.70. The van der Waals surface area contributed by atoms with Crippen LogP contribution in [0.4, 0.5) is 0 Å². The van der Waals surface area contributed by atoms with Crippen molar-refractivity contribution in [3.63, 3.8) is 0 Å². The average Bonchev–Trinajstić information content (AvgIpc) is 3.06. The van der Waals surface area contributed by atoms with Crippen LogP contribution in [0.25, 0.3) is 11.0 Å². The molecule has 25 heavy (non-hydrogen) atoms. The molecule has 1 aromatic heterocycles. The first-order chi connectivity index (χ1) is 11.9. The number of aromatic nitrogens is 2. The van der Waals surface area contributed by atoms with Crippen LogP contribution >= 0.6 is 0 Å². The fourth-order valence-corrected chi connectivity index (χ4v) is 3.11. The third kappa shape index (κ3) is 2.88. The van der Waals surface area contributed by atoms with Crippen molar-refractivity contribution in [2.24, 2.45) is 0 Å². The van der Waals surface area contributed by atoms with Crippen molar-refractivity contribution < 1.29 is 9.31 Å². The molecule has 0 atom stereocenters. The first-order valence-corrected chi connectivity index (χ1v) is 8.70. The normalized spacial score (nSPS) is 18.8. The maximum Gasteiger partial charge on any atom is 0.494 e. The van der Waals surface area contributed by atoms with Crippen LogP contribution in [0.15, 0.2) is 54.9 Å².